The molecule has 0 unspecified atom stereocenters. The third kappa shape index (κ3) is 61.9. The van der Waals surface area contributed by atoms with Crippen LogP contribution in [-0.2, 0) is 4.57 Å². The van der Waals surface area contributed by atoms with Crippen molar-refractivity contribution in [2.75, 3.05) is 0 Å². The van der Waals surface area contributed by atoms with Crippen LogP contribution < -0.4 is 0 Å². The van der Waals surface area contributed by atoms with Crippen LogP contribution in [0, 0.1) is 0 Å². The van der Waals surface area contributed by atoms with E-state index in [1.54, 1.807) is 0 Å². The van der Waals surface area contributed by atoms with Crippen molar-refractivity contribution < 1.29 is 19.2 Å². The second-order valence-electron chi connectivity index (χ2n) is 1.87. The molecule has 0 aliphatic heterocycles. The average Bonchev–Trinajstić information content (AvgIpc) is 1.63. The molecule has 0 saturated heterocycles. The fraction of sp³-hybridized carbons (Fsp3) is 1.00. The number of phosphoric acid groups is 1. The van der Waals surface area contributed by atoms with E-state index in [0.717, 1.165) is 0 Å². The number of hydrogen-bond acceptors (Lipinski definition) is 1. The van der Waals surface area contributed by atoms with Gasteiger partial charge in [0.2, 0.25) is 0 Å². The second kappa shape index (κ2) is 8.21. The predicted octanol–water partition coefficient (Wildman–Crippen LogP) is 0.445. The van der Waals surface area contributed by atoms with E-state index >= 15 is 0 Å². The van der Waals surface area contributed by atoms with Crippen molar-refractivity contribution >= 4 is 35.8 Å². The summed E-state index contributed by atoms with van der Waals surface area (Å²) in [6, 6.07) is 0. The van der Waals surface area contributed by atoms with E-state index in [4.69, 9.17) is 19.2 Å². The van der Waals surface area contributed by atoms with E-state index < -0.39 is 7.82 Å². The minimum Gasteiger partial charge on any atom is -0.303 e. The van der Waals surface area contributed by atoms with E-state index in [2.05, 4.69) is 6.92 Å². The molecule has 0 aliphatic rings. The van der Waals surface area contributed by atoms with Crippen molar-refractivity contribution in [2.24, 2.45) is 0 Å². The van der Waals surface area contributed by atoms with Gasteiger partial charge in [0.1, 0.15) is 0 Å². The molecule has 0 saturated carbocycles. The zero-order chi connectivity index (χ0) is 8.62. The summed E-state index contributed by atoms with van der Waals surface area (Å²) in [5.41, 5.74) is 0. The Hall–Kier alpha value is 1.11. The van der Waals surface area contributed by atoms with Crippen molar-refractivity contribution in [3.63, 3.8) is 0 Å². The molecule has 4 nitrogen and oxygen atoms in total. The van der Waals surface area contributed by atoms with Gasteiger partial charge >= 0.3 is 59.2 Å². The fourth-order valence-electron chi connectivity index (χ4n) is 0.354. The summed E-state index contributed by atoms with van der Waals surface area (Å²) in [6.45, 7) is 2.23. The number of unbranched alkanes of at least 4 members (excludes halogenated alkanes) is 1. The Kier molecular flexibility index (Phi) is 11.2. The van der Waals surface area contributed by atoms with Crippen LogP contribution in [0.2, 0.25) is 3.67 Å². The van der Waals surface area contributed by atoms with Crippen LogP contribution in [0.4, 0.5) is 0 Å². The molecule has 0 aromatic heterocycles. The summed E-state index contributed by atoms with van der Waals surface area (Å²) >= 11 is 1.40. The summed E-state index contributed by atoms with van der Waals surface area (Å²) in [5, 5.41) is 0. The van der Waals surface area contributed by atoms with Crippen LogP contribution in [0.15, 0.2) is 0 Å². The molecule has 58 valence electrons. The average molecular weight is 178 g/mol. The Bertz CT molecular complexity index is 91.2. The van der Waals surface area contributed by atoms with Crippen molar-refractivity contribution in [2.45, 2.75) is 23.4 Å². The second-order valence-corrected chi connectivity index (χ2v) is 3.89. The van der Waals surface area contributed by atoms with Crippen LogP contribution in [0.3, 0.4) is 0 Å². The number of hydrogen-bond donors (Lipinski definition) is 3. The van der Waals surface area contributed by atoms with E-state index in [1.165, 1.54) is 44.4 Å². The van der Waals surface area contributed by atoms with Gasteiger partial charge in [-0.2, -0.15) is 0 Å². The van der Waals surface area contributed by atoms with Gasteiger partial charge in [-0.05, 0) is 0 Å². The first kappa shape index (κ1) is 13.7. The van der Waals surface area contributed by atoms with E-state index in [1.807, 2.05) is 0 Å². The molecule has 0 atom stereocenters. The molecule has 3 N–H and O–H groups in total. The summed E-state index contributed by atoms with van der Waals surface area (Å²) < 4.78 is 10.4. The maximum Gasteiger partial charge on any atom is 0.466 e. The van der Waals surface area contributed by atoms with Gasteiger partial charge in [-0.3, -0.25) is 0 Å². The molecule has 0 aromatic carbocycles. The van der Waals surface area contributed by atoms with Gasteiger partial charge in [-0.1, -0.05) is 0 Å². The Morgan fingerprint density at radius 2 is 1.70 bits per heavy atom. The topological polar surface area (TPSA) is 77.8 Å². The SMILES string of the molecule is CCC[CH2][Na].O=P(O)(O)O. The van der Waals surface area contributed by atoms with Gasteiger partial charge in [-0.25, -0.2) is 4.57 Å². The molecule has 10 heavy (non-hydrogen) atoms. The van der Waals surface area contributed by atoms with Crippen molar-refractivity contribution in [3.8, 4) is 0 Å². The van der Waals surface area contributed by atoms with Crippen LogP contribution in [0.25, 0.3) is 0 Å². The molecule has 0 spiro atoms. The zero-order valence-corrected chi connectivity index (χ0v) is 9.21. The summed E-state index contributed by atoms with van der Waals surface area (Å²) in [7, 11) is -4.64. The van der Waals surface area contributed by atoms with E-state index in [0.29, 0.717) is 0 Å². The molecule has 0 radical (unpaired) electrons. The smallest absolute Gasteiger partial charge is 0.303 e. The van der Waals surface area contributed by atoms with Crippen molar-refractivity contribution in [1.82, 2.24) is 0 Å². The Labute approximate surface area is 78.3 Å². The molecule has 0 aromatic rings. The van der Waals surface area contributed by atoms with Crippen molar-refractivity contribution in [1.29, 1.82) is 0 Å². The van der Waals surface area contributed by atoms with Gasteiger partial charge in [0, 0.05) is 0 Å². The number of rotatable bonds is 2. The third-order valence-electron chi connectivity index (χ3n) is 0.707. The van der Waals surface area contributed by atoms with Gasteiger partial charge in [-0.15, -0.1) is 0 Å². The molecule has 6 heteroatoms. The Morgan fingerprint density at radius 3 is 1.70 bits per heavy atom. The maximum atomic E-state index is 8.88. The minimum absolute atomic E-state index is 1.38. The normalized spacial score (nSPS) is 10.2. The summed E-state index contributed by atoms with van der Waals surface area (Å²) in [4.78, 5) is 21.6. The van der Waals surface area contributed by atoms with Gasteiger partial charge < -0.3 is 14.7 Å². The molecule has 0 aliphatic carbocycles. The molecule has 0 rings (SSSR count). The van der Waals surface area contributed by atoms with E-state index in [-0.39, 0.29) is 0 Å². The standard InChI is InChI=1S/C4H9.Na.H3O4P/c1-3-4-2;;1-5(2,3)4/h1,3-4H2,2H3;;(H3,1,2,3,4). The van der Waals surface area contributed by atoms with Gasteiger partial charge in [0.15, 0.2) is 0 Å². The molecule has 0 amide bonds. The predicted molar refractivity (Wildman–Crippen MR) is 39.7 cm³/mol. The quantitative estimate of drug-likeness (QED) is 0.423. The molecule has 0 bridgehead atoms. The van der Waals surface area contributed by atoms with Gasteiger partial charge in [0.25, 0.3) is 0 Å². The van der Waals surface area contributed by atoms with E-state index in [9.17, 15) is 0 Å². The molecule has 0 fully saturated rings. The Balaban J connectivity index is 0. The van der Waals surface area contributed by atoms with Crippen LogP contribution in [0.1, 0.15) is 19.8 Å². The van der Waals surface area contributed by atoms with Crippen molar-refractivity contribution in [3.05, 3.63) is 0 Å². The first-order valence-electron chi connectivity index (χ1n) is 3.20. The monoisotopic (exact) mass is 178 g/mol. The third-order valence-corrected chi connectivity index (χ3v) is 1.41. The summed E-state index contributed by atoms with van der Waals surface area (Å²) in [5.74, 6) is 0. The first-order valence-corrected chi connectivity index (χ1v) is 6.18. The fourth-order valence-corrected chi connectivity index (χ4v) is 1.06. The summed E-state index contributed by atoms with van der Waals surface area (Å²) in [6.07, 6.45) is 2.83. The maximum absolute atomic E-state index is 8.88. The minimum atomic E-state index is -4.64. The molecular weight excluding hydrogens is 166 g/mol. The largest absolute Gasteiger partial charge is 0.466 e. The Morgan fingerprint density at radius 1 is 1.40 bits per heavy atom. The zero-order valence-electron chi connectivity index (χ0n) is 6.32. The first-order chi connectivity index (χ1) is 4.41. The van der Waals surface area contributed by atoms with Crippen LogP contribution in [0.5, 0.6) is 0 Å². The molecule has 0 heterocycles. The molecular formula is C4H12NaO4P. The van der Waals surface area contributed by atoms with Crippen LogP contribution >= 0.6 is 7.82 Å². The van der Waals surface area contributed by atoms with Gasteiger partial charge in [0.05, 0.1) is 0 Å². The van der Waals surface area contributed by atoms with Crippen LogP contribution in [-0.4, -0.2) is 42.6 Å².